The molecule has 1 rings (SSSR count). The molecule has 0 amide bonds. The number of carbonyl (C=O) groups is 1. The number of ether oxygens (including phenoxy) is 1. The summed E-state index contributed by atoms with van der Waals surface area (Å²) in [4.78, 5) is 14.7. The predicted molar refractivity (Wildman–Crippen MR) is 57.9 cm³/mol. The molecule has 1 aromatic heterocycles. The lowest BCUT2D eigenvalue weighted by molar-refractivity contribution is 0.0600. The summed E-state index contributed by atoms with van der Waals surface area (Å²) in [7, 11) is 1.32. The minimum Gasteiger partial charge on any atom is -0.465 e. The normalized spacial score (nSPS) is 7.86. The maximum atomic E-state index is 10.9. The molecular weight excluding hydrogens is 229 g/mol. The average Bonchev–Trinajstić information content (AvgIpc) is 2.17. The molecule has 0 unspecified atom stereocenters. The Morgan fingerprint density at radius 3 is 2.50 bits per heavy atom. The van der Waals surface area contributed by atoms with Crippen LogP contribution in [0.2, 0.25) is 0 Å². The van der Waals surface area contributed by atoms with E-state index in [2.05, 4.69) is 15.1 Å². The number of pyridine rings is 1. The van der Waals surface area contributed by atoms with Crippen molar-refractivity contribution in [2.24, 2.45) is 5.84 Å². The van der Waals surface area contributed by atoms with Crippen LogP contribution in [0.3, 0.4) is 0 Å². The molecule has 0 bridgehead atoms. The third kappa shape index (κ3) is 3.78. The van der Waals surface area contributed by atoms with E-state index in [1.54, 1.807) is 12.1 Å². The molecule has 1 aromatic rings. The van der Waals surface area contributed by atoms with Gasteiger partial charge in [-0.3, -0.25) is 0 Å². The maximum Gasteiger partial charge on any atom is 0.339 e. The van der Waals surface area contributed by atoms with Crippen LogP contribution >= 0.6 is 24.8 Å². The Morgan fingerprint density at radius 1 is 1.50 bits per heavy atom. The van der Waals surface area contributed by atoms with Crippen LogP contribution in [0.15, 0.2) is 18.3 Å². The van der Waals surface area contributed by atoms with Crippen molar-refractivity contribution < 1.29 is 9.53 Å². The molecule has 0 spiro atoms. The summed E-state index contributed by atoms with van der Waals surface area (Å²) >= 11 is 0. The van der Waals surface area contributed by atoms with Crippen LogP contribution in [0.5, 0.6) is 0 Å². The van der Waals surface area contributed by atoms with Crippen LogP contribution in [-0.2, 0) is 4.74 Å². The zero-order valence-corrected chi connectivity index (χ0v) is 9.02. The van der Waals surface area contributed by atoms with Gasteiger partial charge in [-0.15, -0.1) is 24.8 Å². The fourth-order valence-corrected chi connectivity index (χ4v) is 0.718. The van der Waals surface area contributed by atoms with Gasteiger partial charge in [0.25, 0.3) is 0 Å². The highest BCUT2D eigenvalue weighted by Crippen LogP contribution is 2.03. The number of rotatable bonds is 2. The third-order valence-corrected chi connectivity index (χ3v) is 1.33. The van der Waals surface area contributed by atoms with Gasteiger partial charge in [0, 0.05) is 6.20 Å². The molecule has 3 N–H and O–H groups in total. The number of nitrogens with one attached hydrogen (secondary N) is 1. The Bertz CT molecular complexity index is 279. The lowest BCUT2D eigenvalue weighted by Gasteiger charge is -1.99. The molecule has 0 radical (unpaired) electrons. The highest BCUT2D eigenvalue weighted by molar-refractivity contribution is 5.89. The fourth-order valence-electron chi connectivity index (χ4n) is 0.718. The quantitative estimate of drug-likeness (QED) is 0.458. The molecule has 80 valence electrons. The van der Waals surface area contributed by atoms with Crippen molar-refractivity contribution in [1.29, 1.82) is 0 Å². The number of hydrazine groups is 1. The lowest BCUT2D eigenvalue weighted by Crippen LogP contribution is -2.09. The number of esters is 1. The van der Waals surface area contributed by atoms with Crippen molar-refractivity contribution in [3.63, 3.8) is 0 Å². The van der Waals surface area contributed by atoms with Gasteiger partial charge in [0.15, 0.2) is 0 Å². The molecule has 0 saturated carbocycles. The Morgan fingerprint density at radius 2 is 2.14 bits per heavy atom. The van der Waals surface area contributed by atoms with Crippen LogP contribution in [0.1, 0.15) is 10.4 Å². The monoisotopic (exact) mass is 239 g/mol. The average molecular weight is 240 g/mol. The van der Waals surface area contributed by atoms with E-state index >= 15 is 0 Å². The molecule has 0 aliphatic carbocycles. The van der Waals surface area contributed by atoms with E-state index in [1.165, 1.54) is 13.3 Å². The molecule has 0 saturated heterocycles. The molecule has 5 nitrogen and oxygen atoms in total. The first-order valence-electron chi connectivity index (χ1n) is 3.29. The van der Waals surface area contributed by atoms with Gasteiger partial charge < -0.3 is 10.2 Å². The molecule has 14 heavy (non-hydrogen) atoms. The number of nitrogens with two attached hydrogens (primary N) is 1. The van der Waals surface area contributed by atoms with E-state index in [1.807, 2.05) is 0 Å². The van der Waals surface area contributed by atoms with Crippen LogP contribution in [0.25, 0.3) is 0 Å². The molecule has 0 aromatic carbocycles. The first-order chi connectivity index (χ1) is 5.77. The topological polar surface area (TPSA) is 77.2 Å². The first kappa shape index (κ1) is 15.4. The van der Waals surface area contributed by atoms with Gasteiger partial charge in [-0.2, -0.15) is 0 Å². The zero-order valence-electron chi connectivity index (χ0n) is 7.39. The number of aromatic nitrogens is 1. The highest BCUT2D eigenvalue weighted by atomic mass is 35.5. The van der Waals surface area contributed by atoms with Gasteiger partial charge in [0.1, 0.15) is 5.82 Å². The number of hydrogen-bond donors (Lipinski definition) is 2. The Balaban J connectivity index is 0. The van der Waals surface area contributed by atoms with Crippen molar-refractivity contribution >= 4 is 36.6 Å². The molecule has 0 atom stereocenters. The van der Waals surface area contributed by atoms with Gasteiger partial charge in [-0.05, 0) is 12.1 Å². The summed E-state index contributed by atoms with van der Waals surface area (Å²) in [5, 5.41) is 0. The van der Waals surface area contributed by atoms with Gasteiger partial charge >= 0.3 is 5.97 Å². The summed E-state index contributed by atoms with van der Waals surface area (Å²) < 4.78 is 4.48. The van der Waals surface area contributed by atoms with Crippen LogP contribution < -0.4 is 11.3 Å². The minimum absolute atomic E-state index is 0. The molecule has 0 aliphatic rings. The number of nitrogens with zero attached hydrogens (tertiary/aromatic N) is 1. The predicted octanol–water partition coefficient (Wildman–Crippen LogP) is 0.997. The van der Waals surface area contributed by atoms with Crippen molar-refractivity contribution in [2.75, 3.05) is 12.5 Å². The standard InChI is InChI=1S/C7H9N3O2.2ClH/c1-12-7(11)5-2-3-6(10-8)9-4-5;;/h2-4H,8H2,1H3,(H,9,10);2*1H. The number of halogens is 2. The van der Waals surface area contributed by atoms with E-state index in [-0.39, 0.29) is 24.8 Å². The van der Waals surface area contributed by atoms with E-state index in [0.717, 1.165) is 0 Å². The summed E-state index contributed by atoms with van der Waals surface area (Å²) in [6.45, 7) is 0. The maximum absolute atomic E-state index is 10.9. The summed E-state index contributed by atoms with van der Waals surface area (Å²) in [5.41, 5.74) is 2.75. The SMILES string of the molecule is COC(=O)c1ccc(NN)nc1.Cl.Cl. The Kier molecular flexibility index (Phi) is 8.13. The first-order valence-corrected chi connectivity index (χ1v) is 3.29. The number of methoxy groups -OCH3 is 1. The summed E-state index contributed by atoms with van der Waals surface area (Å²) in [6, 6.07) is 3.17. The molecule has 0 aliphatic heterocycles. The number of hydrogen-bond acceptors (Lipinski definition) is 5. The minimum atomic E-state index is -0.411. The van der Waals surface area contributed by atoms with Crippen LogP contribution in [0, 0.1) is 0 Å². The third-order valence-electron chi connectivity index (χ3n) is 1.33. The number of anilines is 1. The van der Waals surface area contributed by atoms with Gasteiger partial charge in [0.2, 0.25) is 0 Å². The van der Waals surface area contributed by atoms with E-state index in [9.17, 15) is 4.79 Å². The van der Waals surface area contributed by atoms with Crippen molar-refractivity contribution in [2.45, 2.75) is 0 Å². The van der Waals surface area contributed by atoms with Gasteiger partial charge in [-0.1, -0.05) is 0 Å². The van der Waals surface area contributed by atoms with Crippen molar-refractivity contribution in [3.8, 4) is 0 Å². The zero-order chi connectivity index (χ0) is 8.97. The second kappa shape index (κ2) is 7.37. The van der Waals surface area contributed by atoms with Gasteiger partial charge in [0.05, 0.1) is 12.7 Å². The second-order valence-corrected chi connectivity index (χ2v) is 2.07. The highest BCUT2D eigenvalue weighted by Gasteiger charge is 2.03. The molecule has 7 heteroatoms. The Labute approximate surface area is 93.8 Å². The summed E-state index contributed by atoms with van der Waals surface area (Å²) in [6.07, 6.45) is 1.39. The smallest absolute Gasteiger partial charge is 0.339 e. The van der Waals surface area contributed by atoms with Crippen LogP contribution in [-0.4, -0.2) is 18.1 Å². The van der Waals surface area contributed by atoms with Crippen molar-refractivity contribution in [3.05, 3.63) is 23.9 Å². The molecule has 0 fully saturated rings. The number of carbonyl (C=O) groups excluding carboxylic acids is 1. The van der Waals surface area contributed by atoms with E-state index in [4.69, 9.17) is 5.84 Å². The van der Waals surface area contributed by atoms with Gasteiger partial charge in [-0.25, -0.2) is 15.6 Å². The Hall–Kier alpha value is -1.04. The second-order valence-electron chi connectivity index (χ2n) is 2.07. The number of nitrogen functional groups attached to an aromatic ring is 1. The molecular formula is C7H11Cl2N3O2. The van der Waals surface area contributed by atoms with E-state index in [0.29, 0.717) is 11.4 Å². The summed E-state index contributed by atoms with van der Waals surface area (Å²) in [5.74, 6) is 5.17. The van der Waals surface area contributed by atoms with Crippen molar-refractivity contribution in [1.82, 2.24) is 4.98 Å². The van der Waals surface area contributed by atoms with E-state index < -0.39 is 5.97 Å². The molecule has 1 heterocycles. The lowest BCUT2D eigenvalue weighted by atomic mass is 10.3. The fraction of sp³-hybridized carbons (Fsp3) is 0.143. The largest absolute Gasteiger partial charge is 0.465 e. The van der Waals surface area contributed by atoms with Crippen LogP contribution in [0.4, 0.5) is 5.82 Å².